The molecular formula is C16H19N3O2. The fourth-order valence-corrected chi connectivity index (χ4v) is 1.78. The van der Waals surface area contributed by atoms with Gasteiger partial charge in [0.15, 0.2) is 0 Å². The average molecular weight is 285 g/mol. The number of nitrogens with one attached hydrogen (secondary N) is 2. The molecule has 2 N–H and O–H groups in total. The lowest BCUT2D eigenvalue weighted by Crippen LogP contribution is -2.09. The van der Waals surface area contributed by atoms with Crippen molar-refractivity contribution in [2.75, 3.05) is 17.2 Å². The first-order valence-corrected chi connectivity index (χ1v) is 6.97. The molecule has 0 saturated heterocycles. The lowest BCUT2D eigenvalue weighted by molar-refractivity contribution is -0.115. The number of benzene rings is 1. The van der Waals surface area contributed by atoms with Gasteiger partial charge in [0.2, 0.25) is 5.91 Å². The first-order valence-electron chi connectivity index (χ1n) is 6.97. The van der Waals surface area contributed by atoms with Gasteiger partial charge in [0.05, 0.1) is 24.2 Å². The maximum Gasteiger partial charge on any atom is 0.224 e. The van der Waals surface area contributed by atoms with Gasteiger partial charge < -0.3 is 15.4 Å². The predicted octanol–water partition coefficient (Wildman–Crippen LogP) is 3.57. The first kappa shape index (κ1) is 14.8. The highest BCUT2D eigenvalue weighted by Gasteiger charge is 2.04. The number of para-hydroxylation sites is 2. The van der Waals surface area contributed by atoms with Crippen molar-refractivity contribution in [1.82, 2.24) is 4.98 Å². The van der Waals surface area contributed by atoms with Gasteiger partial charge in [-0.25, -0.2) is 4.98 Å². The van der Waals surface area contributed by atoms with E-state index in [-0.39, 0.29) is 5.91 Å². The number of carbonyl (C=O) groups is 1. The summed E-state index contributed by atoms with van der Waals surface area (Å²) >= 11 is 0. The highest BCUT2D eigenvalue weighted by Crippen LogP contribution is 2.26. The van der Waals surface area contributed by atoms with Gasteiger partial charge in [-0.1, -0.05) is 19.1 Å². The fourth-order valence-electron chi connectivity index (χ4n) is 1.78. The van der Waals surface area contributed by atoms with E-state index in [4.69, 9.17) is 4.74 Å². The SMILES string of the molecule is CCOc1ccccc1Nc1ccc(NC(=O)CC)cn1. The van der Waals surface area contributed by atoms with Crippen molar-refractivity contribution >= 4 is 23.1 Å². The van der Waals surface area contributed by atoms with Gasteiger partial charge >= 0.3 is 0 Å². The van der Waals surface area contributed by atoms with E-state index in [0.717, 1.165) is 11.4 Å². The van der Waals surface area contributed by atoms with Crippen molar-refractivity contribution < 1.29 is 9.53 Å². The largest absolute Gasteiger partial charge is 0.492 e. The summed E-state index contributed by atoms with van der Waals surface area (Å²) in [5.74, 6) is 1.45. The smallest absolute Gasteiger partial charge is 0.224 e. The fraction of sp³-hybridized carbons (Fsp3) is 0.250. The third-order valence-electron chi connectivity index (χ3n) is 2.82. The van der Waals surface area contributed by atoms with Crippen molar-refractivity contribution in [2.45, 2.75) is 20.3 Å². The van der Waals surface area contributed by atoms with Crippen LogP contribution in [0, 0.1) is 0 Å². The Morgan fingerprint density at radius 3 is 2.67 bits per heavy atom. The Bertz CT molecular complexity index is 597. The van der Waals surface area contributed by atoms with Crippen LogP contribution in [-0.2, 0) is 4.79 Å². The van der Waals surface area contributed by atoms with Crippen LogP contribution in [-0.4, -0.2) is 17.5 Å². The maximum atomic E-state index is 11.3. The van der Waals surface area contributed by atoms with Crippen LogP contribution in [0.2, 0.25) is 0 Å². The maximum absolute atomic E-state index is 11.3. The van der Waals surface area contributed by atoms with Crippen molar-refractivity contribution in [1.29, 1.82) is 0 Å². The molecule has 0 saturated carbocycles. The number of carbonyl (C=O) groups excluding carboxylic acids is 1. The second-order valence-corrected chi connectivity index (χ2v) is 4.39. The van der Waals surface area contributed by atoms with Crippen molar-refractivity contribution in [2.24, 2.45) is 0 Å². The van der Waals surface area contributed by atoms with Crippen molar-refractivity contribution in [3.63, 3.8) is 0 Å². The van der Waals surface area contributed by atoms with Gasteiger partial charge in [-0.15, -0.1) is 0 Å². The monoisotopic (exact) mass is 285 g/mol. The molecule has 0 atom stereocenters. The Labute approximate surface area is 124 Å². The third-order valence-corrected chi connectivity index (χ3v) is 2.82. The Kier molecular flexibility index (Phi) is 5.15. The molecule has 0 bridgehead atoms. The van der Waals surface area contributed by atoms with E-state index < -0.39 is 0 Å². The normalized spacial score (nSPS) is 10.0. The number of anilines is 3. The lowest BCUT2D eigenvalue weighted by Gasteiger charge is -2.12. The minimum Gasteiger partial charge on any atom is -0.492 e. The summed E-state index contributed by atoms with van der Waals surface area (Å²) in [6.07, 6.45) is 2.07. The van der Waals surface area contributed by atoms with Gasteiger partial charge in [-0.3, -0.25) is 4.79 Å². The Hall–Kier alpha value is -2.56. The molecule has 5 nitrogen and oxygen atoms in total. The van der Waals surface area contributed by atoms with Crippen LogP contribution in [0.3, 0.4) is 0 Å². The topological polar surface area (TPSA) is 63.2 Å². The van der Waals surface area contributed by atoms with Crippen molar-refractivity contribution in [3.05, 3.63) is 42.6 Å². The molecule has 0 radical (unpaired) electrons. The van der Waals surface area contributed by atoms with E-state index >= 15 is 0 Å². The highest BCUT2D eigenvalue weighted by atomic mass is 16.5. The van der Waals surface area contributed by atoms with Crippen LogP contribution >= 0.6 is 0 Å². The molecule has 5 heteroatoms. The van der Waals surface area contributed by atoms with Crippen LogP contribution in [0.1, 0.15) is 20.3 Å². The van der Waals surface area contributed by atoms with Crippen LogP contribution < -0.4 is 15.4 Å². The molecule has 0 fully saturated rings. The molecule has 21 heavy (non-hydrogen) atoms. The third kappa shape index (κ3) is 4.21. The van der Waals surface area contributed by atoms with Crippen LogP contribution in [0.25, 0.3) is 0 Å². The predicted molar refractivity (Wildman–Crippen MR) is 84.1 cm³/mol. The van der Waals surface area contributed by atoms with E-state index in [0.29, 0.717) is 24.5 Å². The van der Waals surface area contributed by atoms with Gasteiger partial charge in [0, 0.05) is 6.42 Å². The van der Waals surface area contributed by atoms with Gasteiger partial charge in [0.1, 0.15) is 11.6 Å². The molecule has 0 spiro atoms. The lowest BCUT2D eigenvalue weighted by atomic mass is 10.3. The highest BCUT2D eigenvalue weighted by molar-refractivity contribution is 5.90. The van der Waals surface area contributed by atoms with Gasteiger partial charge in [0.25, 0.3) is 0 Å². The van der Waals surface area contributed by atoms with E-state index in [1.807, 2.05) is 50.2 Å². The van der Waals surface area contributed by atoms with E-state index in [2.05, 4.69) is 15.6 Å². The number of hydrogen-bond donors (Lipinski definition) is 2. The summed E-state index contributed by atoms with van der Waals surface area (Å²) in [6.45, 7) is 4.36. The average Bonchev–Trinajstić information content (AvgIpc) is 2.51. The molecule has 2 rings (SSSR count). The Balaban J connectivity index is 2.08. The molecule has 1 heterocycles. The minimum atomic E-state index is -0.0285. The Morgan fingerprint density at radius 1 is 1.19 bits per heavy atom. The van der Waals surface area contributed by atoms with E-state index in [1.54, 1.807) is 6.20 Å². The number of pyridine rings is 1. The molecule has 0 unspecified atom stereocenters. The number of amides is 1. The second-order valence-electron chi connectivity index (χ2n) is 4.39. The quantitative estimate of drug-likeness (QED) is 0.851. The number of aromatic nitrogens is 1. The van der Waals surface area contributed by atoms with E-state index in [1.165, 1.54) is 0 Å². The molecule has 110 valence electrons. The molecule has 0 aliphatic carbocycles. The summed E-state index contributed by atoms with van der Waals surface area (Å²) in [7, 11) is 0. The molecule has 2 aromatic rings. The summed E-state index contributed by atoms with van der Waals surface area (Å²) < 4.78 is 5.55. The zero-order chi connectivity index (χ0) is 15.1. The zero-order valence-electron chi connectivity index (χ0n) is 12.2. The molecule has 0 aliphatic heterocycles. The number of ether oxygens (including phenoxy) is 1. The van der Waals surface area contributed by atoms with Crippen molar-refractivity contribution in [3.8, 4) is 5.75 Å². The van der Waals surface area contributed by atoms with Crippen LogP contribution in [0.4, 0.5) is 17.2 Å². The minimum absolute atomic E-state index is 0.0285. The number of hydrogen-bond acceptors (Lipinski definition) is 4. The zero-order valence-corrected chi connectivity index (χ0v) is 12.2. The molecule has 0 aliphatic rings. The number of rotatable bonds is 6. The molecule has 1 aromatic carbocycles. The Morgan fingerprint density at radius 2 is 2.00 bits per heavy atom. The number of nitrogens with zero attached hydrogens (tertiary/aromatic N) is 1. The molecular weight excluding hydrogens is 266 g/mol. The molecule has 1 aromatic heterocycles. The summed E-state index contributed by atoms with van der Waals surface area (Å²) in [4.78, 5) is 15.6. The van der Waals surface area contributed by atoms with Crippen LogP contribution in [0.15, 0.2) is 42.6 Å². The molecule has 1 amide bonds. The van der Waals surface area contributed by atoms with E-state index in [9.17, 15) is 4.79 Å². The first-order chi connectivity index (χ1) is 10.2. The summed E-state index contributed by atoms with van der Waals surface area (Å²) in [6, 6.07) is 11.3. The summed E-state index contributed by atoms with van der Waals surface area (Å²) in [5, 5.41) is 5.96. The van der Waals surface area contributed by atoms with Gasteiger partial charge in [-0.2, -0.15) is 0 Å². The standard InChI is InChI=1S/C16H19N3O2/c1-3-16(20)18-12-9-10-15(17-11-12)19-13-7-5-6-8-14(13)21-4-2/h5-11H,3-4H2,1-2H3,(H,17,19)(H,18,20). The second kappa shape index (κ2) is 7.28. The summed E-state index contributed by atoms with van der Waals surface area (Å²) in [5.41, 5.74) is 1.54. The van der Waals surface area contributed by atoms with Crippen LogP contribution in [0.5, 0.6) is 5.75 Å². The van der Waals surface area contributed by atoms with Gasteiger partial charge in [-0.05, 0) is 31.2 Å².